The van der Waals surface area contributed by atoms with Crippen LogP contribution < -0.4 is 10.1 Å². The molecule has 0 aliphatic carbocycles. The Morgan fingerprint density at radius 2 is 1.67 bits per heavy atom. The second-order valence-electron chi connectivity index (χ2n) is 5.94. The molecule has 2 aromatic carbocycles. The summed E-state index contributed by atoms with van der Waals surface area (Å²) in [6.07, 6.45) is 0.205. The molecule has 2 aromatic rings. The molecule has 0 aromatic heterocycles. The van der Waals surface area contributed by atoms with Crippen LogP contribution in [0, 0.1) is 0 Å². The zero-order chi connectivity index (χ0) is 15.2. The van der Waals surface area contributed by atoms with E-state index in [1.807, 2.05) is 26.0 Å². The van der Waals surface area contributed by atoms with E-state index in [0.29, 0.717) is 5.92 Å². The Morgan fingerprint density at radius 3 is 2.29 bits per heavy atom. The molecule has 0 saturated heterocycles. The normalized spacial score (nSPS) is 11.0. The molecule has 112 valence electrons. The first-order valence-electron chi connectivity index (χ1n) is 7.64. The smallest absolute Gasteiger partial charge is 0.120 e. The van der Waals surface area contributed by atoms with E-state index >= 15 is 0 Å². The first-order valence-corrected chi connectivity index (χ1v) is 7.64. The van der Waals surface area contributed by atoms with E-state index in [9.17, 15) is 0 Å². The van der Waals surface area contributed by atoms with Gasteiger partial charge in [0.1, 0.15) is 5.75 Å². The Labute approximate surface area is 128 Å². The van der Waals surface area contributed by atoms with E-state index in [2.05, 4.69) is 55.6 Å². The SMILES string of the molecule is CC(C)Oc1cccc(CNc2ccc(C(C)C)cc2)c1. The molecule has 0 aliphatic heterocycles. The fraction of sp³-hybridized carbons (Fsp3) is 0.368. The molecule has 2 rings (SSSR count). The highest BCUT2D eigenvalue weighted by atomic mass is 16.5. The first kappa shape index (κ1) is 15.4. The number of anilines is 1. The van der Waals surface area contributed by atoms with Gasteiger partial charge in [0.15, 0.2) is 0 Å². The van der Waals surface area contributed by atoms with E-state index in [1.54, 1.807) is 0 Å². The van der Waals surface area contributed by atoms with Crippen LogP contribution in [-0.2, 0) is 6.54 Å². The van der Waals surface area contributed by atoms with Crippen molar-refractivity contribution in [2.24, 2.45) is 0 Å². The quantitative estimate of drug-likeness (QED) is 0.785. The van der Waals surface area contributed by atoms with Gasteiger partial charge in [-0.3, -0.25) is 0 Å². The molecule has 1 N–H and O–H groups in total. The fourth-order valence-corrected chi connectivity index (χ4v) is 2.19. The summed E-state index contributed by atoms with van der Waals surface area (Å²) in [6, 6.07) is 16.9. The number of nitrogens with one attached hydrogen (secondary N) is 1. The largest absolute Gasteiger partial charge is 0.491 e. The standard InChI is InChI=1S/C19H25NO/c1-14(2)17-8-10-18(11-9-17)20-13-16-6-5-7-19(12-16)21-15(3)4/h5-12,14-15,20H,13H2,1-4H3. The molecule has 0 spiro atoms. The van der Waals surface area contributed by atoms with Crippen molar-refractivity contribution < 1.29 is 4.74 Å². The van der Waals surface area contributed by atoms with E-state index in [-0.39, 0.29) is 6.10 Å². The molecule has 0 bridgehead atoms. The van der Waals surface area contributed by atoms with Crippen LogP contribution in [0.3, 0.4) is 0 Å². The van der Waals surface area contributed by atoms with Crippen LogP contribution in [0.2, 0.25) is 0 Å². The lowest BCUT2D eigenvalue weighted by Gasteiger charge is -2.12. The number of ether oxygens (including phenoxy) is 1. The van der Waals surface area contributed by atoms with Crippen molar-refractivity contribution in [3.05, 3.63) is 59.7 Å². The third kappa shape index (κ3) is 4.82. The maximum atomic E-state index is 5.72. The molecule has 21 heavy (non-hydrogen) atoms. The topological polar surface area (TPSA) is 21.3 Å². The summed E-state index contributed by atoms with van der Waals surface area (Å²) in [7, 11) is 0. The Balaban J connectivity index is 1.96. The second kappa shape index (κ2) is 7.16. The monoisotopic (exact) mass is 283 g/mol. The first-order chi connectivity index (χ1) is 10.0. The lowest BCUT2D eigenvalue weighted by molar-refractivity contribution is 0.242. The van der Waals surface area contributed by atoms with Crippen LogP contribution in [0.15, 0.2) is 48.5 Å². The zero-order valence-corrected chi connectivity index (χ0v) is 13.4. The van der Waals surface area contributed by atoms with Gasteiger partial charge in [0.25, 0.3) is 0 Å². The lowest BCUT2D eigenvalue weighted by atomic mass is 10.0. The van der Waals surface area contributed by atoms with Gasteiger partial charge < -0.3 is 10.1 Å². The van der Waals surface area contributed by atoms with Crippen LogP contribution in [0.5, 0.6) is 5.75 Å². The molecule has 0 aliphatic rings. The molecule has 0 heterocycles. The summed E-state index contributed by atoms with van der Waals surface area (Å²) in [5.74, 6) is 1.50. The summed E-state index contributed by atoms with van der Waals surface area (Å²) in [6.45, 7) is 9.31. The van der Waals surface area contributed by atoms with Crippen molar-refractivity contribution in [2.45, 2.75) is 46.3 Å². The van der Waals surface area contributed by atoms with Crippen molar-refractivity contribution in [1.82, 2.24) is 0 Å². The van der Waals surface area contributed by atoms with Gasteiger partial charge in [0.05, 0.1) is 6.10 Å². The van der Waals surface area contributed by atoms with E-state index in [1.165, 1.54) is 11.1 Å². The van der Waals surface area contributed by atoms with Gasteiger partial charge in [-0.05, 0) is 55.2 Å². The van der Waals surface area contributed by atoms with Crippen molar-refractivity contribution >= 4 is 5.69 Å². The summed E-state index contributed by atoms with van der Waals surface area (Å²) in [5.41, 5.74) is 3.74. The molecule has 2 heteroatoms. The minimum atomic E-state index is 0.205. The van der Waals surface area contributed by atoms with Crippen LogP contribution in [0.25, 0.3) is 0 Å². The third-order valence-electron chi connectivity index (χ3n) is 3.34. The zero-order valence-electron chi connectivity index (χ0n) is 13.4. The van der Waals surface area contributed by atoms with Crippen LogP contribution in [0.4, 0.5) is 5.69 Å². The van der Waals surface area contributed by atoms with E-state index < -0.39 is 0 Å². The van der Waals surface area contributed by atoms with Gasteiger partial charge in [-0.2, -0.15) is 0 Å². The minimum Gasteiger partial charge on any atom is -0.491 e. The maximum absolute atomic E-state index is 5.72. The Kier molecular flexibility index (Phi) is 5.26. The molecule has 0 atom stereocenters. The van der Waals surface area contributed by atoms with E-state index in [4.69, 9.17) is 4.74 Å². The predicted molar refractivity (Wildman–Crippen MR) is 90.1 cm³/mol. The summed E-state index contributed by atoms with van der Waals surface area (Å²) < 4.78 is 5.72. The average Bonchev–Trinajstić information content (AvgIpc) is 2.45. The number of rotatable bonds is 6. The van der Waals surface area contributed by atoms with Gasteiger partial charge in [-0.25, -0.2) is 0 Å². The molecule has 0 fully saturated rings. The van der Waals surface area contributed by atoms with Crippen molar-refractivity contribution in [3.8, 4) is 5.75 Å². The van der Waals surface area contributed by atoms with Gasteiger partial charge in [-0.15, -0.1) is 0 Å². The van der Waals surface area contributed by atoms with Crippen LogP contribution in [-0.4, -0.2) is 6.10 Å². The number of hydrogen-bond donors (Lipinski definition) is 1. The molecule has 0 unspecified atom stereocenters. The highest BCUT2D eigenvalue weighted by Gasteiger charge is 2.01. The minimum absolute atomic E-state index is 0.205. The third-order valence-corrected chi connectivity index (χ3v) is 3.34. The van der Waals surface area contributed by atoms with Crippen molar-refractivity contribution in [1.29, 1.82) is 0 Å². The Morgan fingerprint density at radius 1 is 0.952 bits per heavy atom. The Hall–Kier alpha value is -1.96. The van der Waals surface area contributed by atoms with Gasteiger partial charge in [-0.1, -0.05) is 38.1 Å². The maximum Gasteiger partial charge on any atom is 0.120 e. The predicted octanol–water partition coefficient (Wildman–Crippen LogP) is 5.21. The van der Waals surface area contributed by atoms with Crippen LogP contribution in [0.1, 0.15) is 44.7 Å². The van der Waals surface area contributed by atoms with Crippen molar-refractivity contribution in [3.63, 3.8) is 0 Å². The van der Waals surface area contributed by atoms with Gasteiger partial charge in [0, 0.05) is 12.2 Å². The summed E-state index contributed by atoms with van der Waals surface area (Å²) >= 11 is 0. The molecule has 0 radical (unpaired) electrons. The number of benzene rings is 2. The average molecular weight is 283 g/mol. The molecule has 2 nitrogen and oxygen atoms in total. The highest BCUT2D eigenvalue weighted by Crippen LogP contribution is 2.19. The summed E-state index contributed by atoms with van der Waals surface area (Å²) in [5, 5.41) is 3.45. The second-order valence-corrected chi connectivity index (χ2v) is 5.94. The van der Waals surface area contributed by atoms with Crippen LogP contribution >= 0.6 is 0 Å². The van der Waals surface area contributed by atoms with Crippen molar-refractivity contribution in [2.75, 3.05) is 5.32 Å². The Bertz CT molecular complexity index is 558. The fourth-order valence-electron chi connectivity index (χ4n) is 2.19. The lowest BCUT2D eigenvalue weighted by Crippen LogP contribution is -2.06. The van der Waals surface area contributed by atoms with E-state index in [0.717, 1.165) is 18.0 Å². The molecular weight excluding hydrogens is 258 g/mol. The highest BCUT2D eigenvalue weighted by molar-refractivity contribution is 5.46. The van der Waals surface area contributed by atoms with Gasteiger partial charge >= 0.3 is 0 Å². The summed E-state index contributed by atoms with van der Waals surface area (Å²) in [4.78, 5) is 0. The van der Waals surface area contributed by atoms with Gasteiger partial charge in [0.2, 0.25) is 0 Å². The molecule has 0 amide bonds. The number of hydrogen-bond acceptors (Lipinski definition) is 2. The molecular formula is C19H25NO. The molecule has 0 saturated carbocycles.